The van der Waals surface area contributed by atoms with Crippen LogP contribution >= 0.6 is 0 Å². The fraction of sp³-hybridized carbons (Fsp3) is 0.882. The lowest BCUT2D eigenvalue weighted by Crippen LogP contribution is -2.54. The van der Waals surface area contributed by atoms with Crippen molar-refractivity contribution in [1.82, 2.24) is 10.2 Å². The van der Waals surface area contributed by atoms with Crippen molar-refractivity contribution in [3.05, 3.63) is 0 Å². The van der Waals surface area contributed by atoms with Crippen LogP contribution in [0.2, 0.25) is 0 Å². The van der Waals surface area contributed by atoms with Crippen LogP contribution < -0.4 is 5.32 Å². The molecule has 2 fully saturated rings. The Kier molecular flexibility index (Phi) is 5.35. The smallest absolute Gasteiger partial charge is 0.408 e. The first-order valence-electron chi connectivity index (χ1n) is 8.54. The monoisotopic (exact) mass is 310 g/mol. The maximum Gasteiger partial charge on any atom is 0.408 e. The molecule has 0 aromatic heterocycles. The number of piperidine rings is 1. The van der Waals surface area contributed by atoms with Gasteiger partial charge in [-0.25, -0.2) is 4.79 Å². The molecule has 2 rings (SSSR count). The molecular formula is C17H30N2O3. The zero-order valence-electron chi connectivity index (χ0n) is 14.4. The predicted molar refractivity (Wildman–Crippen MR) is 85.5 cm³/mol. The van der Waals surface area contributed by atoms with Gasteiger partial charge in [0, 0.05) is 12.6 Å². The lowest BCUT2D eigenvalue weighted by atomic mass is 9.72. The normalized spacial score (nSPS) is 28.7. The van der Waals surface area contributed by atoms with E-state index in [1.807, 2.05) is 25.7 Å². The molecule has 0 unspecified atom stereocenters. The molecular weight excluding hydrogens is 280 g/mol. The number of ether oxygens (including phenoxy) is 1. The Morgan fingerprint density at radius 1 is 1.18 bits per heavy atom. The van der Waals surface area contributed by atoms with Gasteiger partial charge in [-0.1, -0.05) is 19.8 Å². The van der Waals surface area contributed by atoms with Crippen LogP contribution in [0.25, 0.3) is 0 Å². The van der Waals surface area contributed by atoms with Gasteiger partial charge in [-0.3, -0.25) is 4.79 Å². The van der Waals surface area contributed by atoms with E-state index in [9.17, 15) is 9.59 Å². The van der Waals surface area contributed by atoms with Gasteiger partial charge in [-0.2, -0.15) is 0 Å². The molecule has 0 spiro atoms. The van der Waals surface area contributed by atoms with Gasteiger partial charge < -0.3 is 15.0 Å². The number of hydrogen-bond donors (Lipinski definition) is 1. The standard InChI is InChI=1S/C17H30N2O3/c1-12-9-10-19(14-8-6-5-7-13(12)14)15(20)11-18-16(21)22-17(2,3)4/h12-14H,5-11H2,1-4H3,(H,18,21)/t12-,13+,14-/m1/s1. The van der Waals surface area contributed by atoms with E-state index in [2.05, 4.69) is 12.2 Å². The number of fused-ring (bicyclic) bond motifs is 1. The molecule has 1 aliphatic carbocycles. The summed E-state index contributed by atoms with van der Waals surface area (Å²) in [6.45, 7) is 8.60. The van der Waals surface area contributed by atoms with E-state index in [1.165, 1.54) is 19.3 Å². The summed E-state index contributed by atoms with van der Waals surface area (Å²) in [5, 5.41) is 2.59. The molecule has 22 heavy (non-hydrogen) atoms. The summed E-state index contributed by atoms with van der Waals surface area (Å²) in [6, 6.07) is 0.366. The van der Waals surface area contributed by atoms with E-state index in [-0.39, 0.29) is 12.5 Å². The van der Waals surface area contributed by atoms with E-state index in [0.29, 0.717) is 17.9 Å². The van der Waals surface area contributed by atoms with Gasteiger partial charge in [0.05, 0.1) is 0 Å². The number of nitrogens with one attached hydrogen (secondary N) is 1. The van der Waals surface area contributed by atoms with E-state index in [1.54, 1.807) is 0 Å². The molecule has 5 heteroatoms. The summed E-state index contributed by atoms with van der Waals surface area (Å²) < 4.78 is 5.18. The molecule has 1 saturated heterocycles. The van der Waals surface area contributed by atoms with Crippen LogP contribution in [0.5, 0.6) is 0 Å². The van der Waals surface area contributed by atoms with Gasteiger partial charge >= 0.3 is 6.09 Å². The lowest BCUT2D eigenvalue weighted by molar-refractivity contribution is -0.138. The third-order valence-electron chi connectivity index (χ3n) is 4.84. The Bertz CT molecular complexity index is 417. The topological polar surface area (TPSA) is 58.6 Å². The molecule has 0 aromatic carbocycles. The second kappa shape index (κ2) is 6.88. The highest BCUT2D eigenvalue weighted by Crippen LogP contribution is 2.38. The van der Waals surface area contributed by atoms with Crippen molar-refractivity contribution >= 4 is 12.0 Å². The summed E-state index contributed by atoms with van der Waals surface area (Å²) in [7, 11) is 0. The number of likely N-dealkylation sites (tertiary alicyclic amines) is 1. The second-order valence-electron chi connectivity index (χ2n) is 7.72. The van der Waals surface area contributed by atoms with Gasteiger partial charge in [0.1, 0.15) is 12.1 Å². The van der Waals surface area contributed by atoms with Crippen LogP contribution in [-0.2, 0) is 9.53 Å². The molecule has 2 aliphatic rings. The number of carbonyl (C=O) groups is 2. The highest BCUT2D eigenvalue weighted by atomic mass is 16.6. The summed E-state index contributed by atoms with van der Waals surface area (Å²) in [4.78, 5) is 26.2. The highest BCUT2D eigenvalue weighted by molar-refractivity contribution is 5.82. The first-order chi connectivity index (χ1) is 10.3. The van der Waals surface area contributed by atoms with Gasteiger partial charge in [0.15, 0.2) is 0 Å². The Labute approximate surface area is 133 Å². The Hall–Kier alpha value is -1.26. The average Bonchev–Trinajstić information content (AvgIpc) is 2.44. The van der Waals surface area contributed by atoms with E-state index >= 15 is 0 Å². The van der Waals surface area contributed by atoms with Crippen molar-refractivity contribution in [2.45, 2.75) is 71.4 Å². The minimum Gasteiger partial charge on any atom is -0.444 e. The molecule has 1 N–H and O–H groups in total. The van der Waals surface area contributed by atoms with Crippen LogP contribution in [0.3, 0.4) is 0 Å². The molecule has 0 aromatic rings. The number of carbonyl (C=O) groups excluding carboxylic acids is 2. The van der Waals surface area contributed by atoms with Crippen molar-refractivity contribution < 1.29 is 14.3 Å². The van der Waals surface area contributed by atoms with Crippen molar-refractivity contribution in [2.75, 3.05) is 13.1 Å². The van der Waals surface area contributed by atoms with Gasteiger partial charge in [0.2, 0.25) is 5.91 Å². The van der Waals surface area contributed by atoms with Crippen LogP contribution in [0.1, 0.15) is 59.8 Å². The molecule has 5 nitrogen and oxygen atoms in total. The average molecular weight is 310 g/mol. The summed E-state index contributed by atoms with van der Waals surface area (Å²) in [5.74, 6) is 1.36. The predicted octanol–water partition coefficient (Wildman–Crippen LogP) is 2.94. The maximum absolute atomic E-state index is 12.5. The molecule has 1 saturated carbocycles. The van der Waals surface area contributed by atoms with E-state index < -0.39 is 11.7 Å². The summed E-state index contributed by atoms with van der Waals surface area (Å²) >= 11 is 0. The molecule has 0 bridgehead atoms. The van der Waals surface area contributed by atoms with Gasteiger partial charge in [0.25, 0.3) is 0 Å². The fourth-order valence-corrected chi connectivity index (χ4v) is 3.79. The SMILES string of the molecule is C[C@@H]1CCN(C(=O)CNC(=O)OC(C)(C)C)[C@@H]2CCCC[C@@H]12. The molecule has 3 atom stereocenters. The third-order valence-corrected chi connectivity index (χ3v) is 4.84. The van der Waals surface area contributed by atoms with Crippen molar-refractivity contribution in [1.29, 1.82) is 0 Å². The molecule has 126 valence electrons. The number of nitrogens with zero attached hydrogens (tertiary/aromatic N) is 1. The Morgan fingerprint density at radius 3 is 2.55 bits per heavy atom. The molecule has 2 amide bonds. The van der Waals surface area contributed by atoms with Crippen LogP contribution in [0, 0.1) is 11.8 Å². The largest absolute Gasteiger partial charge is 0.444 e. The van der Waals surface area contributed by atoms with E-state index in [4.69, 9.17) is 4.74 Å². The number of amides is 2. The maximum atomic E-state index is 12.5. The number of rotatable bonds is 2. The Morgan fingerprint density at radius 2 is 1.86 bits per heavy atom. The molecule has 1 aliphatic heterocycles. The van der Waals surface area contributed by atoms with Crippen molar-refractivity contribution in [3.63, 3.8) is 0 Å². The zero-order valence-corrected chi connectivity index (χ0v) is 14.4. The van der Waals surface area contributed by atoms with Gasteiger partial charge in [-0.15, -0.1) is 0 Å². The molecule has 1 heterocycles. The highest BCUT2D eigenvalue weighted by Gasteiger charge is 2.39. The van der Waals surface area contributed by atoms with Crippen LogP contribution in [0.15, 0.2) is 0 Å². The summed E-state index contributed by atoms with van der Waals surface area (Å²) in [5.41, 5.74) is -0.540. The van der Waals surface area contributed by atoms with E-state index in [0.717, 1.165) is 19.4 Å². The van der Waals surface area contributed by atoms with Crippen LogP contribution in [-0.4, -0.2) is 41.6 Å². The minimum absolute atomic E-state index is 0.0228. The van der Waals surface area contributed by atoms with Gasteiger partial charge in [-0.05, 0) is 51.9 Å². The first kappa shape index (κ1) is 17.1. The summed E-state index contributed by atoms with van der Waals surface area (Å²) in [6.07, 6.45) is 5.37. The van der Waals surface area contributed by atoms with Crippen LogP contribution in [0.4, 0.5) is 4.79 Å². The lowest BCUT2D eigenvalue weighted by Gasteiger charge is -2.47. The second-order valence-corrected chi connectivity index (χ2v) is 7.72. The third kappa shape index (κ3) is 4.37. The zero-order chi connectivity index (χ0) is 16.3. The number of alkyl carbamates (subject to hydrolysis) is 1. The Balaban J connectivity index is 1.87. The minimum atomic E-state index is -0.540. The number of hydrogen-bond acceptors (Lipinski definition) is 3. The van der Waals surface area contributed by atoms with Crippen molar-refractivity contribution in [3.8, 4) is 0 Å². The molecule has 0 radical (unpaired) electrons. The first-order valence-corrected chi connectivity index (χ1v) is 8.54. The van der Waals surface area contributed by atoms with Crippen molar-refractivity contribution in [2.24, 2.45) is 11.8 Å². The fourth-order valence-electron chi connectivity index (χ4n) is 3.79. The quantitative estimate of drug-likeness (QED) is 0.853.